The minimum Gasteiger partial charge on any atom is -0.357 e. The SMILES string of the molecule is CC[C@H](C(=O)NC)N(Cc1ccc(Cl)c(Cl)c1)C(=O)CN(c1ccc(Cl)c(C(F)(F)F)c1)S(=O)(=O)c1ccc(C)cc1. The molecular weight excluding hydrogens is 638 g/mol. The Morgan fingerprint density at radius 3 is 2.10 bits per heavy atom. The molecule has 0 saturated carbocycles. The van der Waals surface area contributed by atoms with E-state index in [1.54, 1.807) is 19.9 Å². The summed E-state index contributed by atoms with van der Waals surface area (Å²) in [5, 5.41) is 2.29. The quantitative estimate of drug-likeness (QED) is 0.261. The molecule has 14 heteroatoms. The Kier molecular flexibility index (Phi) is 10.8. The summed E-state index contributed by atoms with van der Waals surface area (Å²) in [5.41, 5.74) is -0.490. The number of sulfonamides is 1. The van der Waals surface area contributed by atoms with Gasteiger partial charge in [-0.15, -0.1) is 0 Å². The van der Waals surface area contributed by atoms with E-state index in [1.165, 1.54) is 43.4 Å². The van der Waals surface area contributed by atoms with Crippen molar-refractivity contribution in [3.63, 3.8) is 0 Å². The molecule has 3 aromatic rings. The Morgan fingerprint density at radius 1 is 0.929 bits per heavy atom. The van der Waals surface area contributed by atoms with Crippen molar-refractivity contribution in [2.24, 2.45) is 0 Å². The molecule has 0 radical (unpaired) electrons. The van der Waals surface area contributed by atoms with Gasteiger partial charge in [0.25, 0.3) is 10.0 Å². The van der Waals surface area contributed by atoms with Crippen molar-refractivity contribution < 1.29 is 31.2 Å². The van der Waals surface area contributed by atoms with Gasteiger partial charge in [0, 0.05) is 13.6 Å². The standard InChI is InChI=1S/C28H27Cl3F3N3O4S/c1-4-25(27(39)35-3)36(15-18-7-11-23(30)24(31)13-18)26(38)16-37(42(40,41)20-9-5-17(2)6-10-20)19-8-12-22(29)21(14-19)28(32,33)34/h5-14,25H,4,15-16H2,1-3H3,(H,35,39)/t25-/m1/s1. The highest BCUT2D eigenvalue weighted by atomic mass is 35.5. The van der Waals surface area contributed by atoms with Crippen molar-refractivity contribution in [1.29, 1.82) is 0 Å². The Hall–Kier alpha value is -2.99. The lowest BCUT2D eigenvalue weighted by Crippen LogP contribution is -2.51. The van der Waals surface area contributed by atoms with E-state index in [-0.39, 0.29) is 27.9 Å². The third-order valence-corrected chi connectivity index (χ3v) is 9.26. The molecule has 0 spiro atoms. The van der Waals surface area contributed by atoms with Gasteiger partial charge in [0.2, 0.25) is 11.8 Å². The fraction of sp³-hybridized carbons (Fsp3) is 0.286. The zero-order valence-electron chi connectivity index (χ0n) is 22.7. The molecule has 2 amide bonds. The second-order valence-corrected chi connectivity index (χ2v) is 12.4. The molecular formula is C28H27Cl3F3N3O4S. The average molecular weight is 665 g/mol. The Labute approximate surface area is 257 Å². The normalized spacial score (nSPS) is 12.5. The molecule has 0 aliphatic rings. The van der Waals surface area contributed by atoms with Crippen molar-refractivity contribution in [3.8, 4) is 0 Å². The number of rotatable bonds is 10. The molecule has 1 atom stereocenters. The van der Waals surface area contributed by atoms with E-state index in [0.717, 1.165) is 22.6 Å². The number of amides is 2. The van der Waals surface area contributed by atoms with Gasteiger partial charge in [-0.25, -0.2) is 8.42 Å². The molecule has 0 fully saturated rings. The van der Waals surface area contributed by atoms with Crippen molar-refractivity contribution >= 4 is 62.3 Å². The van der Waals surface area contributed by atoms with Gasteiger partial charge in [-0.3, -0.25) is 13.9 Å². The molecule has 0 aromatic heterocycles. The summed E-state index contributed by atoms with van der Waals surface area (Å²) in [5.74, 6) is -1.37. The summed E-state index contributed by atoms with van der Waals surface area (Å²) in [7, 11) is -3.20. The van der Waals surface area contributed by atoms with Crippen LogP contribution in [0.25, 0.3) is 0 Å². The van der Waals surface area contributed by atoms with E-state index < -0.39 is 56.9 Å². The van der Waals surface area contributed by atoms with Gasteiger partial charge in [-0.2, -0.15) is 13.2 Å². The van der Waals surface area contributed by atoms with Gasteiger partial charge < -0.3 is 10.2 Å². The number of aryl methyl sites for hydroxylation is 1. The molecule has 0 bridgehead atoms. The molecule has 0 aliphatic heterocycles. The predicted octanol–water partition coefficient (Wildman–Crippen LogP) is 6.72. The number of benzene rings is 3. The van der Waals surface area contributed by atoms with Crippen LogP contribution in [0.4, 0.5) is 18.9 Å². The van der Waals surface area contributed by atoms with E-state index in [4.69, 9.17) is 34.8 Å². The van der Waals surface area contributed by atoms with Crippen LogP contribution in [0.5, 0.6) is 0 Å². The maximum absolute atomic E-state index is 13.9. The fourth-order valence-electron chi connectivity index (χ4n) is 4.17. The highest BCUT2D eigenvalue weighted by Gasteiger charge is 2.37. The molecule has 7 nitrogen and oxygen atoms in total. The number of nitrogens with zero attached hydrogens (tertiary/aromatic N) is 2. The molecule has 3 rings (SSSR count). The molecule has 0 heterocycles. The zero-order chi connectivity index (χ0) is 31.4. The van der Waals surface area contributed by atoms with Crippen LogP contribution in [-0.4, -0.2) is 44.8 Å². The third-order valence-electron chi connectivity index (χ3n) is 6.40. The monoisotopic (exact) mass is 663 g/mol. The first kappa shape index (κ1) is 33.5. The van der Waals surface area contributed by atoms with E-state index in [0.29, 0.717) is 15.9 Å². The van der Waals surface area contributed by atoms with Crippen LogP contribution in [0, 0.1) is 6.92 Å². The van der Waals surface area contributed by atoms with Crippen molar-refractivity contribution in [2.45, 2.75) is 43.9 Å². The minimum absolute atomic E-state index is 0.149. The van der Waals surface area contributed by atoms with Gasteiger partial charge in [0.1, 0.15) is 12.6 Å². The number of likely N-dealkylation sites (N-methyl/N-ethyl adjacent to an activating group) is 1. The van der Waals surface area contributed by atoms with Crippen LogP contribution in [0.2, 0.25) is 15.1 Å². The molecule has 0 unspecified atom stereocenters. The number of carbonyl (C=O) groups excluding carboxylic acids is 2. The zero-order valence-corrected chi connectivity index (χ0v) is 25.8. The molecule has 42 heavy (non-hydrogen) atoms. The third kappa shape index (κ3) is 7.69. The minimum atomic E-state index is -4.90. The topological polar surface area (TPSA) is 86.8 Å². The number of alkyl halides is 3. The van der Waals surface area contributed by atoms with Crippen molar-refractivity contribution in [3.05, 3.63) is 92.4 Å². The fourth-order valence-corrected chi connectivity index (χ4v) is 6.12. The number of hydrogen-bond acceptors (Lipinski definition) is 4. The van der Waals surface area contributed by atoms with Gasteiger partial charge in [0.05, 0.1) is 31.2 Å². The number of hydrogen-bond donors (Lipinski definition) is 1. The molecule has 3 aromatic carbocycles. The summed E-state index contributed by atoms with van der Waals surface area (Å²) in [6.45, 7) is 2.29. The van der Waals surface area contributed by atoms with Gasteiger partial charge >= 0.3 is 6.18 Å². The predicted molar refractivity (Wildman–Crippen MR) is 157 cm³/mol. The molecule has 1 N–H and O–H groups in total. The second-order valence-electron chi connectivity index (χ2n) is 9.30. The number of anilines is 1. The first-order valence-electron chi connectivity index (χ1n) is 12.5. The van der Waals surface area contributed by atoms with Gasteiger partial charge in [0.15, 0.2) is 0 Å². The molecule has 226 valence electrons. The molecule has 0 aliphatic carbocycles. The first-order chi connectivity index (χ1) is 19.6. The number of carbonyl (C=O) groups is 2. The van der Waals surface area contributed by atoms with Crippen molar-refractivity contribution in [1.82, 2.24) is 10.2 Å². The van der Waals surface area contributed by atoms with E-state index in [2.05, 4.69) is 5.32 Å². The summed E-state index contributed by atoms with van der Waals surface area (Å²) >= 11 is 17.9. The molecule has 0 saturated heterocycles. The Balaban J connectivity index is 2.16. The van der Waals surface area contributed by atoms with Crippen molar-refractivity contribution in [2.75, 3.05) is 17.9 Å². The summed E-state index contributed by atoms with van der Waals surface area (Å²) in [6.07, 6.45) is -4.75. The average Bonchev–Trinajstić information content (AvgIpc) is 2.93. The lowest BCUT2D eigenvalue weighted by atomic mass is 10.1. The second kappa shape index (κ2) is 13.5. The van der Waals surface area contributed by atoms with Crippen LogP contribution < -0.4 is 9.62 Å². The van der Waals surface area contributed by atoms with Crippen LogP contribution in [-0.2, 0) is 32.3 Å². The lowest BCUT2D eigenvalue weighted by Gasteiger charge is -2.33. The van der Waals surface area contributed by atoms with Crippen LogP contribution >= 0.6 is 34.8 Å². The van der Waals surface area contributed by atoms with Crippen LogP contribution in [0.1, 0.15) is 30.0 Å². The Bertz CT molecular complexity index is 1570. The maximum atomic E-state index is 13.9. The van der Waals surface area contributed by atoms with Crippen LogP contribution in [0.15, 0.2) is 65.6 Å². The summed E-state index contributed by atoms with van der Waals surface area (Å²) in [6, 6.07) is 11.7. The largest absolute Gasteiger partial charge is 0.417 e. The maximum Gasteiger partial charge on any atom is 0.417 e. The van der Waals surface area contributed by atoms with E-state index >= 15 is 0 Å². The first-order valence-corrected chi connectivity index (χ1v) is 15.1. The smallest absolute Gasteiger partial charge is 0.357 e. The van der Waals surface area contributed by atoms with Gasteiger partial charge in [-0.1, -0.05) is 65.5 Å². The van der Waals surface area contributed by atoms with E-state index in [9.17, 15) is 31.2 Å². The summed E-state index contributed by atoms with van der Waals surface area (Å²) in [4.78, 5) is 27.6. The number of nitrogens with one attached hydrogen (secondary N) is 1. The highest BCUT2D eigenvalue weighted by molar-refractivity contribution is 7.92. The number of halogens is 6. The Morgan fingerprint density at radius 2 is 1.55 bits per heavy atom. The highest BCUT2D eigenvalue weighted by Crippen LogP contribution is 2.38. The van der Waals surface area contributed by atoms with E-state index in [1.807, 2.05) is 0 Å². The van der Waals surface area contributed by atoms with Crippen LogP contribution in [0.3, 0.4) is 0 Å². The summed E-state index contributed by atoms with van der Waals surface area (Å²) < 4.78 is 69.5. The lowest BCUT2D eigenvalue weighted by molar-refractivity contribution is -0.140. The van der Waals surface area contributed by atoms with Gasteiger partial charge in [-0.05, 0) is 61.4 Å².